The van der Waals surface area contributed by atoms with Gasteiger partial charge in [0, 0.05) is 0 Å². The molecule has 0 atom stereocenters. The van der Waals surface area contributed by atoms with Crippen molar-refractivity contribution < 1.29 is 4.57 Å². The van der Waals surface area contributed by atoms with Crippen molar-refractivity contribution in [1.29, 1.82) is 0 Å². The minimum absolute atomic E-state index is 1.18. The van der Waals surface area contributed by atoms with Gasteiger partial charge in [-0.05, 0) is 0 Å². The van der Waals surface area contributed by atoms with Gasteiger partial charge in [-0.2, -0.15) is 0 Å². The third-order valence-corrected chi connectivity index (χ3v) is 20.4. The molecule has 0 heterocycles. The summed E-state index contributed by atoms with van der Waals surface area (Å²) in [6, 6.07) is 11.8. The molecule has 2 saturated carbocycles. The predicted molar refractivity (Wildman–Crippen MR) is 95.9 cm³/mol. The van der Waals surface area contributed by atoms with Crippen molar-refractivity contribution in [3.8, 4) is 0 Å². The summed E-state index contributed by atoms with van der Waals surface area (Å²) in [5, 5.41) is 0. The average Bonchev–Trinajstić information content (AvgIpc) is 2.60. The molecule has 0 amide bonds. The summed E-state index contributed by atoms with van der Waals surface area (Å²) in [6.07, 6.45) is 15.4. The predicted octanol–water partition coefficient (Wildman–Crippen LogP) is 5.26. The van der Waals surface area contributed by atoms with Crippen molar-refractivity contribution in [2.75, 3.05) is 0 Å². The SMILES string of the molecule is O=P.c1cc[c]([BiH]([CH]2CCCCC2)[CH]2CCCCC2)cc1. The molecule has 0 spiro atoms. The number of hydrogen-bond donors (Lipinski definition) is 0. The van der Waals surface area contributed by atoms with Crippen LogP contribution < -0.4 is 3.27 Å². The first-order valence-electron chi connectivity index (χ1n) is 8.58. The van der Waals surface area contributed by atoms with Gasteiger partial charge in [0.1, 0.15) is 9.12 Å². The van der Waals surface area contributed by atoms with Gasteiger partial charge < -0.3 is 0 Å². The maximum atomic E-state index is 8.06. The van der Waals surface area contributed by atoms with Crippen molar-refractivity contribution in [2.24, 2.45) is 0 Å². The molecule has 0 N–H and O–H groups in total. The minimum atomic E-state index is -1.62. The van der Waals surface area contributed by atoms with E-state index < -0.39 is 21.8 Å². The van der Waals surface area contributed by atoms with Crippen LogP contribution in [0, 0.1) is 0 Å². The van der Waals surface area contributed by atoms with Crippen molar-refractivity contribution in [3.63, 3.8) is 0 Å². The summed E-state index contributed by atoms with van der Waals surface area (Å²) >= 11 is -1.62. The van der Waals surface area contributed by atoms with Crippen LogP contribution in [0.25, 0.3) is 0 Å². The van der Waals surface area contributed by atoms with Gasteiger partial charge >= 0.3 is 127 Å². The standard InChI is InChI=1S/2C6H11.C6H5.Bi.HOP.H/c3*1-2-4-6-5-3-1;;1-2;/h2*1H,2-6H2;1-5H;;2H;. The summed E-state index contributed by atoms with van der Waals surface area (Å²) < 4.78 is 12.3. The molecule has 3 rings (SSSR count). The van der Waals surface area contributed by atoms with E-state index >= 15 is 0 Å². The Morgan fingerprint density at radius 2 is 1.14 bits per heavy atom. The summed E-state index contributed by atoms with van der Waals surface area (Å²) in [5.74, 6) is 0. The molecule has 0 bridgehead atoms. The van der Waals surface area contributed by atoms with Gasteiger partial charge in [0.05, 0.1) is 0 Å². The van der Waals surface area contributed by atoms with Crippen LogP contribution in [-0.4, -0.2) is 21.8 Å². The molecule has 1 aromatic carbocycles. The van der Waals surface area contributed by atoms with Gasteiger partial charge in [0.25, 0.3) is 0 Å². The molecule has 0 aromatic heterocycles. The van der Waals surface area contributed by atoms with E-state index in [0.717, 1.165) is 0 Å². The Labute approximate surface area is 140 Å². The Balaban J connectivity index is 0.000000774. The van der Waals surface area contributed by atoms with Gasteiger partial charge in [-0.1, -0.05) is 0 Å². The van der Waals surface area contributed by atoms with Crippen LogP contribution in [-0.2, 0) is 4.57 Å². The molecular weight excluding hydrogens is 472 g/mol. The first-order chi connectivity index (χ1) is 10.4. The van der Waals surface area contributed by atoms with Crippen LogP contribution >= 0.6 is 9.12 Å². The number of benzene rings is 1. The second-order valence-electron chi connectivity index (χ2n) is 6.49. The fraction of sp³-hybridized carbons (Fsp3) is 0.667. The number of rotatable bonds is 3. The van der Waals surface area contributed by atoms with E-state index in [1.807, 2.05) is 3.27 Å². The molecule has 0 aliphatic heterocycles. The molecule has 2 fully saturated rings. The van der Waals surface area contributed by atoms with E-state index in [0.29, 0.717) is 0 Å². The maximum absolute atomic E-state index is 8.06. The first kappa shape index (κ1) is 17.6. The van der Waals surface area contributed by atoms with E-state index in [1.165, 1.54) is 45.8 Å². The van der Waals surface area contributed by atoms with Gasteiger partial charge in [-0.3, -0.25) is 4.57 Å². The van der Waals surface area contributed by atoms with Gasteiger partial charge in [0.15, 0.2) is 0 Å². The van der Waals surface area contributed by atoms with E-state index in [-0.39, 0.29) is 0 Å². The summed E-state index contributed by atoms with van der Waals surface area (Å²) in [4.78, 5) is 0. The quantitative estimate of drug-likeness (QED) is 0.408. The second kappa shape index (κ2) is 10.1. The molecule has 3 heteroatoms. The molecule has 0 saturated heterocycles. The Morgan fingerprint density at radius 1 is 0.714 bits per heavy atom. The molecule has 21 heavy (non-hydrogen) atoms. The Morgan fingerprint density at radius 3 is 1.57 bits per heavy atom. The van der Waals surface area contributed by atoms with E-state index in [1.54, 1.807) is 34.8 Å². The topological polar surface area (TPSA) is 17.1 Å². The van der Waals surface area contributed by atoms with Crippen LogP contribution in [0.5, 0.6) is 0 Å². The molecule has 1 nitrogen and oxygen atoms in total. The van der Waals surface area contributed by atoms with Gasteiger partial charge in [-0.25, -0.2) is 0 Å². The third kappa shape index (κ3) is 5.11. The molecule has 2 aliphatic carbocycles. The fourth-order valence-electron chi connectivity index (χ4n) is 4.26. The van der Waals surface area contributed by atoms with Crippen molar-refractivity contribution in [3.05, 3.63) is 30.3 Å². The Bertz CT molecular complexity index is 367. The summed E-state index contributed by atoms with van der Waals surface area (Å²) in [7, 11) is 1.72. The molecule has 117 valence electrons. The van der Waals surface area contributed by atoms with Crippen LogP contribution in [0.15, 0.2) is 30.3 Å². The molecule has 2 aliphatic rings. The van der Waals surface area contributed by atoms with Crippen LogP contribution in [0.1, 0.15) is 64.2 Å². The monoisotopic (exact) mass is 501 g/mol. The van der Waals surface area contributed by atoms with Crippen molar-refractivity contribution in [2.45, 2.75) is 71.5 Å². The molecule has 1 aromatic rings. The second-order valence-corrected chi connectivity index (χ2v) is 18.6. The first-order valence-corrected chi connectivity index (χ1v) is 15.4. The summed E-state index contributed by atoms with van der Waals surface area (Å²) in [6.45, 7) is 0. The van der Waals surface area contributed by atoms with Crippen LogP contribution in [0.3, 0.4) is 0 Å². The zero-order valence-electron chi connectivity index (χ0n) is 13.0. The molecular formula is C18H29BiOP. The fourth-order valence-corrected chi connectivity index (χ4v) is 20.8. The molecule has 0 unspecified atom stereocenters. The van der Waals surface area contributed by atoms with E-state index in [2.05, 4.69) is 30.3 Å². The Hall–Kier alpha value is 0.203. The van der Waals surface area contributed by atoms with E-state index in [9.17, 15) is 0 Å². The van der Waals surface area contributed by atoms with Gasteiger partial charge in [0.2, 0.25) is 0 Å². The normalized spacial score (nSPS) is 20.8. The zero-order valence-corrected chi connectivity index (χ0v) is 17.9. The molecule has 1 radical (unpaired) electrons. The van der Waals surface area contributed by atoms with Crippen molar-refractivity contribution in [1.82, 2.24) is 0 Å². The van der Waals surface area contributed by atoms with Crippen LogP contribution in [0.4, 0.5) is 0 Å². The Kier molecular flexibility index (Phi) is 8.42. The van der Waals surface area contributed by atoms with Crippen molar-refractivity contribution >= 4 is 34.1 Å². The van der Waals surface area contributed by atoms with Crippen LogP contribution in [0.2, 0.25) is 7.25 Å². The number of hydrogen-bond acceptors (Lipinski definition) is 1. The average molecular weight is 501 g/mol. The third-order valence-electron chi connectivity index (χ3n) is 5.20. The summed E-state index contributed by atoms with van der Waals surface area (Å²) in [5.41, 5.74) is 0. The van der Waals surface area contributed by atoms with Gasteiger partial charge in [-0.15, -0.1) is 0 Å². The van der Waals surface area contributed by atoms with E-state index in [4.69, 9.17) is 4.57 Å². The zero-order chi connectivity index (χ0) is 14.9.